The number of aromatic hydroxyl groups is 3. The van der Waals surface area contributed by atoms with Crippen LogP contribution in [0.1, 0.15) is 51.4 Å². The highest BCUT2D eigenvalue weighted by Gasteiger charge is 2.42. The molecule has 0 unspecified atom stereocenters. The summed E-state index contributed by atoms with van der Waals surface area (Å²) < 4.78 is 33.8. The molecule has 3 aliphatic rings. The lowest BCUT2D eigenvalue weighted by atomic mass is 9.92. The summed E-state index contributed by atoms with van der Waals surface area (Å²) in [5.74, 6) is -0.770. The third kappa shape index (κ3) is 9.47. The van der Waals surface area contributed by atoms with Crippen LogP contribution < -0.4 is 28.6 Å². The molecule has 0 saturated carbocycles. The Bertz CT molecular complexity index is 2520. The predicted molar refractivity (Wildman–Crippen MR) is 234 cm³/mol. The number of methoxy groups -OCH3 is 2. The first-order valence-electron chi connectivity index (χ1n) is 20.1. The molecule has 0 spiro atoms. The van der Waals surface area contributed by atoms with Gasteiger partial charge in [-0.3, -0.25) is 14.4 Å². The monoisotopic (exact) mass is 896 g/mol. The number of hydrogen-bond donors (Lipinski definition) is 5. The number of carbonyl (C=O) groups excluding carboxylic acids is 3. The molecular formula is C47H48N2O14S. The molecule has 16 nitrogen and oxygen atoms in total. The van der Waals surface area contributed by atoms with Crippen molar-refractivity contribution in [1.29, 1.82) is 0 Å². The third-order valence-corrected chi connectivity index (χ3v) is 12.1. The molecule has 3 aliphatic heterocycles. The van der Waals surface area contributed by atoms with Gasteiger partial charge in [0.25, 0.3) is 5.91 Å². The molecule has 5 aromatic carbocycles. The van der Waals surface area contributed by atoms with Gasteiger partial charge in [-0.2, -0.15) is 0 Å². The molecule has 17 heteroatoms. The predicted octanol–water partition coefficient (Wildman–Crippen LogP) is 5.73. The number of ketones is 1. The number of amides is 1. The highest BCUT2D eigenvalue weighted by Crippen LogP contribution is 2.48. The van der Waals surface area contributed by atoms with Crippen molar-refractivity contribution >= 4 is 35.1 Å². The van der Waals surface area contributed by atoms with Crippen molar-refractivity contribution in [2.45, 2.75) is 47.6 Å². The number of thioether (sulfide) groups is 1. The van der Waals surface area contributed by atoms with E-state index in [1.165, 1.54) is 26.2 Å². The minimum absolute atomic E-state index is 0.0540. The number of carbonyl (C=O) groups is 3. The van der Waals surface area contributed by atoms with Crippen LogP contribution in [0.25, 0.3) is 0 Å². The first kappa shape index (κ1) is 45.4. The number of aliphatic hydroxyl groups is 2. The van der Waals surface area contributed by atoms with Gasteiger partial charge in [0.15, 0.2) is 53.5 Å². The molecule has 8 rings (SSSR count). The van der Waals surface area contributed by atoms with E-state index < -0.39 is 48.0 Å². The van der Waals surface area contributed by atoms with Gasteiger partial charge in [-0.15, -0.1) is 11.8 Å². The Kier molecular flexibility index (Phi) is 13.7. The van der Waals surface area contributed by atoms with Crippen molar-refractivity contribution < 1.29 is 68.3 Å². The number of para-hydroxylation sites is 1. The molecule has 336 valence electrons. The first-order valence-corrected chi connectivity index (χ1v) is 21.0. The van der Waals surface area contributed by atoms with Gasteiger partial charge in [-0.05, 0) is 73.8 Å². The molecule has 0 saturated heterocycles. The number of esters is 1. The number of likely N-dealkylation sites (N-methyl/N-ethyl adjacent to an activating group) is 1. The van der Waals surface area contributed by atoms with E-state index in [4.69, 9.17) is 28.4 Å². The van der Waals surface area contributed by atoms with Crippen LogP contribution in [0.5, 0.6) is 46.0 Å². The lowest BCUT2D eigenvalue weighted by Crippen LogP contribution is -2.45. The van der Waals surface area contributed by atoms with Crippen molar-refractivity contribution in [2.24, 2.45) is 0 Å². The van der Waals surface area contributed by atoms with Crippen LogP contribution in [0.2, 0.25) is 0 Å². The van der Waals surface area contributed by atoms with Crippen LogP contribution in [0.15, 0.2) is 102 Å². The summed E-state index contributed by atoms with van der Waals surface area (Å²) in [6.07, 6.45) is -5.19. The van der Waals surface area contributed by atoms with Crippen molar-refractivity contribution in [2.75, 3.05) is 52.9 Å². The number of hydrogen-bond acceptors (Lipinski definition) is 16. The standard InChI is InChI=1S/C25H22O10.C22H26N2O4S/c1-32-17-6-11(2-4-14(17)28)24-20(10-26)33-16-5-3-12(7-18(16)34-24)25-23(31)22(30)21-15(29)8-13(27)9-19(21)35-25;1-15(25)28-20-21(16-9-11-17(27-4)12-10-16)29-19-8-6-5-7-18(19)24(22(20)26)14-13-23(2)3/h2-9,20,23-29,31H,10H2,1H3;5-12,20-21H,13-14H2,1-4H3/t20-,23+,24-,25-;20-,21+/m11/s1. The Morgan fingerprint density at radius 2 is 1.47 bits per heavy atom. The maximum absolute atomic E-state index is 13.6. The van der Waals surface area contributed by atoms with E-state index in [1.54, 1.807) is 54.1 Å². The van der Waals surface area contributed by atoms with Gasteiger partial charge in [0, 0.05) is 42.6 Å². The Morgan fingerprint density at radius 3 is 2.16 bits per heavy atom. The van der Waals surface area contributed by atoms with Gasteiger partial charge in [0.2, 0.25) is 5.78 Å². The average Bonchev–Trinajstić information content (AvgIpc) is 3.39. The zero-order chi connectivity index (χ0) is 45.8. The van der Waals surface area contributed by atoms with E-state index in [0.29, 0.717) is 30.0 Å². The third-order valence-electron chi connectivity index (χ3n) is 10.7. The Balaban J connectivity index is 0.000000195. The van der Waals surface area contributed by atoms with Gasteiger partial charge in [-0.1, -0.05) is 36.4 Å². The minimum Gasteiger partial charge on any atom is -0.508 e. The maximum atomic E-state index is 13.6. The van der Waals surface area contributed by atoms with Gasteiger partial charge in [0.05, 0.1) is 31.8 Å². The number of Topliss-reactive ketones (excluding diaryl/α,β-unsaturated/α-hetero) is 1. The summed E-state index contributed by atoms with van der Waals surface area (Å²) in [5.41, 5.74) is 2.50. The van der Waals surface area contributed by atoms with Crippen molar-refractivity contribution in [3.05, 3.63) is 119 Å². The lowest BCUT2D eigenvalue weighted by molar-refractivity contribution is -0.152. The fourth-order valence-corrected chi connectivity index (χ4v) is 8.84. The van der Waals surface area contributed by atoms with Crippen molar-refractivity contribution in [1.82, 2.24) is 4.90 Å². The van der Waals surface area contributed by atoms with Crippen LogP contribution in [0, 0.1) is 0 Å². The average molecular weight is 897 g/mol. The van der Waals surface area contributed by atoms with E-state index in [0.717, 1.165) is 28.0 Å². The molecule has 0 aromatic heterocycles. The second kappa shape index (κ2) is 19.4. The second-order valence-electron chi connectivity index (χ2n) is 15.3. The highest BCUT2D eigenvalue weighted by molar-refractivity contribution is 7.99. The maximum Gasteiger partial charge on any atom is 0.303 e. The summed E-state index contributed by atoms with van der Waals surface area (Å²) in [4.78, 5) is 42.9. The number of anilines is 1. The smallest absolute Gasteiger partial charge is 0.303 e. The van der Waals surface area contributed by atoms with Gasteiger partial charge in [-0.25, -0.2) is 0 Å². The Labute approximate surface area is 373 Å². The van der Waals surface area contributed by atoms with Gasteiger partial charge < -0.3 is 63.8 Å². The molecule has 0 bridgehead atoms. The summed E-state index contributed by atoms with van der Waals surface area (Å²) in [5, 5.41) is 49.9. The summed E-state index contributed by atoms with van der Waals surface area (Å²) in [7, 11) is 6.95. The SMILES string of the molecule is COc1cc([C@H]2Oc3cc([C@H]4Oc5cc(O)cc(O)c5C(=O)[C@@H]4O)ccc3O[C@@H]2CO)ccc1O.COc1ccc([C@@H]2Sc3ccccc3N(CCN(C)C)C(=O)[C@@H]2OC(C)=O)cc1. The van der Waals surface area contributed by atoms with Crippen molar-refractivity contribution in [3.8, 4) is 46.0 Å². The Hall–Kier alpha value is -6.66. The number of phenols is 3. The lowest BCUT2D eigenvalue weighted by Gasteiger charge is -2.35. The largest absolute Gasteiger partial charge is 0.508 e. The molecule has 0 fully saturated rings. The van der Waals surface area contributed by atoms with Crippen LogP contribution >= 0.6 is 11.8 Å². The normalized spacial score (nSPS) is 21.0. The summed E-state index contributed by atoms with van der Waals surface area (Å²) in [6, 6.07) is 26.9. The number of phenolic OH excluding ortho intramolecular Hbond substituents is 3. The highest BCUT2D eigenvalue weighted by atomic mass is 32.2. The van der Waals surface area contributed by atoms with Crippen LogP contribution in [-0.4, -0.2) is 114 Å². The quantitative estimate of drug-likeness (QED) is 0.106. The van der Waals surface area contributed by atoms with E-state index in [9.17, 15) is 39.9 Å². The number of benzene rings is 5. The van der Waals surface area contributed by atoms with Crippen molar-refractivity contribution in [3.63, 3.8) is 0 Å². The van der Waals surface area contributed by atoms with E-state index >= 15 is 0 Å². The molecule has 5 N–H and O–H groups in total. The molecule has 0 radical (unpaired) electrons. The van der Waals surface area contributed by atoms with Gasteiger partial charge in [0.1, 0.15) is 28.6 Å². The molecule has 3 heterocycles. The van der Waals surface area contributed by atoms with Gasteiger partial charge >= 0.3 is 5.97 Å². The molecular weight excluding hydrogens is 849 g/mol. The van der Waals surface area contributed by atoms with Crippen LogP contribution in [-0.2, 0) is 14.3 Å². The fraction of sp³-hybridized carbons (Fsp3) is 0.298. The fourth-order valence-electron chi connectivity index (χ4n) is 7.52. The zero-order valence-electron chi connectivity index (χ0n) is 35.5. The molecule has 5 aromatic rings. The van der Waals surface area contributed by atoms with E-state index in [2.05, 4.69) is 0 Å². The number of aliphatic hydroxyl groups excluding tert-OH is 2. The second-order valence-corrected chi connectivity index (χ2v) is 16.5. The molecule has 0 aliphatic carbocycles. The molecule has 64 heavy (non-hydrogen) atoms. The number of fused-ring (bicyclic) bond motifs is 3. The molecule has 6 atom stereocenters. The van der Waals surface area contributed by atoms with E-state index in [1.807, 2.05) is 67.5 Å². The minimum atomic E-state index is -1.62. The van der Waals surface area contributed by atoms with Crippen LogP contribution in [0.3, 0.4) is 0 Å². The summed E-state index contributed by atoms with van der Waals surface area (Å²) >= 11 is 1.54. The van der Waals surface area contributed by atoms with E-state index in [-0.39, 0.29) is 52.1 Å². The first-order chi connectivity index (χ1) is 30.7. The summed E-state index contributed by atoms with van der Waals surface area (Å²) in [6.45, 7) is 2.20. The number of rotatable bonds is 10. The number of nitrogens with zero attached hydrogens (tertiary/aromatic N) is 2. The number of ether oxygens (including phenoxy) is 6. The topological polar surface area (TPSA) is 214 Å². The Morgan fingerprint density at radius 1 is 0.781 bits per heavy atom. The van der Waals surface area contributed by atoms with Crippen LogP contribution in [0.4, 0.5) is 5.69 Å². The zero-order valence-corrected chi connectivity index (χ0v) is 36.4. The molecule has 1 amide bonds.